The predicted octanol–water partition coefficient (Wildman–Crippen LogP) is 4.75. The Morgan fingerprint density at radius 2 is 1.55 bits per heavy atom. The number of halogens is 2. The largest absolute Gasteiger partial charge is 0.324 e. The summed E-state index contributed by atoms with van der Waals surface area (Å²) < 4.78 is 0. The van der Waals surface area contributed by atoms with Crippen LogP contribution >= 0.6 is 23.2 Å². The fourth-order valence-corrected chi connectivity index (χ4v) is 3.92. The summed E-state index contributed by atoms with van der Waals surface area (Å²) in [6.07, 6.45) is 0.0362. The molecule has 1 aliphatic rings. The van der Waals surface area contributed by atoms with E-state index in [2.05, 4.69) is 5.32 Å². The third-order valence-corrected chi connectivity index (χ3v) is 5.89. The first-order valence-electron chi connectivity index (χ1n) is 9.72. The maximum atomic E-state index is 13.3. The Kier molecular flexibility index (Phi) is 6.13. The molecular weight excluding hydrogens is 469 g/mol. The zero-order valence-electron chi connectivity index (χ0n) is 16.8. The van der Waals surface area contributed by atoms with E-state index >= 15 is 0 Å². The van der Waals surface area contributed by atoms with Crippen LogP contribution in [0.1, 0.15) is 26.3 Å². The van der Waals surface area contributed by atoms with E-state index in [9.17, 15) is 24.5 Å². The summed E-state index contributed by atoms with van der Waals surface area (Å²) in [6, 6.07) is 15.6. The highest BCUT2D eigenvalue weighted by molar-refractivity contribution is 6.43. The van der Waals surface area contributed by atoms with Gasteiger partial charge in [0.1, 0.15) is 6.04 Å². The average molecular weight is 484 g/mol. The lowest BCUT2D eigenvalue weighted by Crippen LogP contribution is -2.48. The summed E-state index contributed by atoms with van der Waals surface area (Å²) >= 11 is 12.0. The van der Waals surface area contributed by atoms with Crippen LogP contribution in [0.4, 0.5) is 11.4 Å². The molecule has 0 saturated heterocycles. The summed E-state index contributed by atoms with van der Waals surface area (Å²) in [4.78, 5) is 50.9. The second kappa shape index (κ2) is 9.01. The van der Waals surface area contributed by atoms with Crippen LogP contribution in [-0.2, 0) is 11.2 Å². The molecule has 0 bridgehead atoms. The number of nitrogens with zero attached hydrogens (tertiary/aromatic N) is 2. The van der Waals surface area contributed by atoms with E-state index in [1.807, 2.05) is 0 Å². The number of amides is 3. The number of hydrogen-bond donors (Lipinski definition) is 1. The second-order valence-electron chi connectivity index (χ2n) is 7.29. The summed E-state index contributed by atoms with van der Waals surface area (Å²) in [5, 5.41) is 13.9. The number of carbonyl (C=O) groups is 3. The molecule has 1 atom stereocenters. The van der Waals surface area contributed by atoms with Crippen LogP contribution in [0.2, 0.25) is 10.0 Å². The lowest BCUT2D eigenvalue weighted by atomic mass is 10.0. The average Bonchev–Trinajstić information content (AvgIpc) is 3.02. The minimum absolute atomic E-state index is 0.0362. The third-order valence-electron chi connectivity index (χ3n) is 5.17. The molecule has 0 aromatic heterocycles. The maximum Gasteiger partial charge on any atom is 0.271 e. The summed E-state index contributed by atoms with van der Waals surface area (Å²) in [5.74, 6) is -2.03. The Hall–Kier alpha value is -3.75. The molecule has 4 rings (SSSR count). The molecule has 0 saturated carbocycles. The quantitative estimate of drug-likeness (QED) is 0.309. The highest BCUT2D eigenvalue weighted by atomic mass is 35.5. The minimum atomic E-state index is -1.23. The molecule has 33 heavy (non-hydrogen) atoms. The lowest BCUT2D eigenvalue weighted by Gasteiger charge is -2.25. The number of rotatable bonds is 6. The Morgan fingerprint density at radius 1 is 0.939 bits per heavy atom. The molecule has 0 radical (unpaired) electrons. The molecule has 1 N–H and O–H groups in total. The molecule has 0 unspecified atom stereocenters. The summed E-state index contributed by atoms with van der Waals surface area (Å²) in [5.41, 5.74) is 0.767. The van der Waals surface area contributed by atoms with Gasteiger partial charge in [-0.2, -0.15) is 0 Å². The van der Waals surface area contributed by atoms with E-state index in [0.29, 0.717) is 5.56 Å². The van der Waals surface area contributed by atoms with Gasteiger partial charge in [-0.25, -0.2) is 0 Å². The van der Waals surface area contributed by atoms with Crippen molar-refractivity contribution in [1.29, 1.82) is 0 Å². The molecule has 3 amide bonds. The van der Waals surface area contributed by atoms with E-state index < -0.39 is 28.7 Å². The third kappa shape index (κ3) is 4.44. The number of benzene rings is 3. The van der Waals surface area contributed by atoms with Crippen LogP contribution in [0.5, 0.6) is 0 Å². The van der Waals surface area contributed by atoms with Crippen LogP contribution in [0.3, 0.4) is 0 Å². The van der Waals surface area contributed by atoms with Gasteiger partial charge in [-0.05, 0) is 23.8 Å². The van der Waals surface area contributed by atoms with E-state index in [0.717, 1.165) is 4.90 Å². The maximum absolute atomic E-state index is 13.3. The number of anilines is 1. The lowest BCUT2D eigenvalue weighted by molar-refractivity contribution is -0.384. The zero-order chi connectivity index (χ0) is 23.7. The Morgan fingerprint density at radius 3 is 2.12 bits per heavy atom. The number of nitro benzene ring substituents is 1. The van der Waals surface area contributed by atoms with Crippen LogP contribution in [-0.4, -0.2) is 33.6 Å². The molecule has 166 valence electrons. The van der Waals surface area contributed by atoms with Crippen LogP contribution in [0.15, 0.2) is 66.7 Å². The van der Waals surface area contributed by atoms with E-state index in [1.54, 1.807) is 30.3 Å². The Balaban J connectivity index is 1.70. The number of nitro groups is 1. The van der Waals surface area contributed by atoms with Crippen molar-refractivity contribution in [2.75, 3.05) is 5.32 Å². The van der Waals surface area contributed by atoms with Crippen molar-refractivity contribution in [3.8, 4) is 0 Å². The molecular formula is C23H15Cl2N3O5. The van der Waals surface area contributed by atoms with Gasteiger partial charge in [0.2, 0.25) is 5.91 Å². The smallest absolute Gasteiger partial charge is 0.271 e. The van der Waals surface area contributed by atoms with E-state index in [4.69, 9.17) is 23.2 Å². The van der Waals surface area contributed by atoms with Crippen LogP contribution < -0.4 is 5.32 Å². The van der Waals surface area contributed by atoms with Crippen molar-refractivity contribution < 1.29 is 19.3 Å². The Labute approximate surface area is 197 Å². The van der Waals surface area contributed by atoms with Gasteiger partial charge in [0.15, 0.2) is 0 Å². The minimum Gasteiger partial charge on any atom is -0.324 e. The number of nitrogens with one attached hydrogen (secondary N) is 1. The molecule has 10 heteroatoms. The number of fused-ring (bicyclic) bond motifs is 1. The molecule has 0 spiro atoms. The first-order chi connectivity index (χ1) is 15.8. The van der Waals surface area contributed by atoms with Gasteiger partial charge in [0.05, 0.1) is 26.1 Å². The normalized spacial score (nSPS) is 13.6. The fourth-order valence-electron chi connectivity index (χ4n) is 3.60. The van der Waals surface area contributed by atoms with Gasteiger partial charge in [0, 0.05) is 24.2 Å². The van der Waals surface area contributed by atoms with Gasteiger partial charge >= 0.3 is 0 Å². The van der Waals surface area contributed by atoms with Crippen molar-refractivity contribution in [3.63, 3.8) is 0 Å². The van der Waals surface area contributed by atoms with Crippen molar-refractivity contribution in [2.45, 2.75) is 12.5 Å². The second-order valence-corrected chi connectivity index (χ2v) is 8.11. The van der Waals surface area contributed by atoms with Crippen molar-refractivity contribution >= 4 is 52.3 Å². The summed E-state index contributed by atoms with van der Waals surface area (Å²) in [7, 11) is 0. The predicted molar refractivity (Wildman–Crippen MR) is 123 cm³/mol. The molecule has 8 nitrogen and oxygen atoms in total. The van der Waals surface area contributed by atoms with Gasteiger partial charge in [0.25, 0.3) is 17.5 Å². The number of hydrogen-bond acceptors (Lipinski definition) is 5. The Bertz CT molecular complexity index is 1260. The van der Waals surface area contributed by atoms with E-state index in [-0.39, 0.29) is 39.0 Å². The standard InChI is InChI=1S/C23H15Cl2N3O5/c24-18-11-16-17(12-19(18)25)23(31)27(22(16)30)20(9-13-5-2-1-3-6-13)21(29)26-14-7-4-8-15(10-14)28(32)33/h1-8,10-12,20H,9H2,(H,26,29)/t20-/m1/s1. The topological polar surface area (TPSA) is 110 Å². The van der Waals surface area contributed by atoms with Crippen LogP contribution in [0.25, 0.3) is 0 Å². The first kappa shape index (κ1) is 22.4. The number of non-ortho nitro benzene ring substituents is 1. The molecule has 0 fully saturated rings. The fraction of sp³-hybridized carbons (Fsp3) is 0.0870. The summed E-state index contributed by atoms with van der Waals surface area (Å²) in [6.45, 7) is 0. The van der Waals surface area contributed by atoms with Gasteiger partial charge < -0.3 is 5.32 Å². The monoisotopic (exact) mass is 483 g/mol. The molecule has 0 aliphatic carbocycles. The van der Waals surface area contributed by atoms with Gasteiger partial charge in [-0.15, -0.1) is 0 Å². The van der Waals surface area contributed by atoms with Crippen LogP contribution in [0, 0.1) is 10.1 Å². The first-order valence-corrected chi connectivity index (χ1v) is 10.5. The SMILES string of the molecule is O=C(Nc1cccc([N+](=O)[O-])c1)[C@@H](Cc1ccccc1)N1C(=O)c2cc(Cl)c(Cl)cc2C1=O. The number of carbonyl (C=O) groups excluding carboxylic acids is 3. The highest BCUT2D eigenvalue weighted by Gasteiger charge is 2.43. The van der Waals surface area contributed by atoms with Gasteiger partial charge in [-0.1, -0.05) is 59.6 Å². The van der Waals surface area contributed by atoms with Crippen molar-refractivity contribution in [2.24, 2.45) is 0 Å². The molecule has 3 aromatic rings. The zero-order valence-corrected chi connectivity index (χ0v) is 18.3. The molecule has 3 aromatic carbocycles. The molecule has 1 heterocycles. The number of imide groups is 1. The molecule has 1 aliphatic heterocycles. The van der Waals surface area contributed by atoms with E-state index in [1.165, 1.54) is 36.4 Å². The highest BCUT2D eigenvalue weighted by Crippen LogP contribution is 2.33. The van der Waals surface area contributed by atoms with Gasteiger partial charge in [-0.3, -0.25) is 29.4 Å². The van der Waals surface area contributed by atoms with Crippen molar-refractivity contribution in [3.05, 3.63) is 104 Å². The van der Waals surface area contributed by atoms with Crippen molar-refractivity contribution in [1.82, 2.24) is 4.90 Å².